The zero-order valence-corrected chi connectivity index (χ0v) is 26.2. The van der Waals surface area contributed by atoms with E-state index in [0.29, 0.717) is 5.75 Å². The summed E-state index contributed by atoms with van der Waals surface area (Å²) in [6, 6.07) is 29.9. The number of allylic oxidation sites excluding steroid dienone is 2. The first-order valence-electron chi connectivity index (χ1n) is 14.2. The lowest BCUT2D eigenvalue weighted by Gasteiger charge is -2.34. The molecule has 3 unspecified atom stereocenters. The predicted octanol–water partition coefficient (Wildman–Crippen LogP) is 10.6. The van der Waals surface area contributed by atoms with Crippen molar-refractivity contribution >= 4 is 38.8 Å². The molecule has 0 bridgehead atoms. The standard InChI is InChI=1S/C35H32O6P2/c1-24-14-13-19-29(33(24)39-43-38-32-22-10-7-17-27(32)28-18-11-12-23-35(28,4)41-43)34(2,3)40-42-36-30-20-8-5-15-25(30)26-16-6-9-21-31(26)37-42/h5-23,28H,1-4H3. The molecule has 1 aliphatic heterocycles. The van der Waals surface area contributed by atoms with Crippen LogP contribution in [0.4, 0.5) is 0 Å². The van der Waals surface area contributed by atoms with Gasteiger partial charge in [-0.2, -0.15) is 0 Å². The van der Waals surface area contributed by atoms with E-state index in [1.807, 2.05) is 112 Å². The van der Waals surface area contributed by atoms with Gasteiger partial charge in [0.05, 0.1) is 0 Å². The van der Waals surface area contributed by atoms with Crippen molar-refractivity contribution in [3.05, 3.63) is 132 Å². The van der Waals surface area contributed by atoms with Gasteiger partial charge >= 0.3 is 16.8 Å². The maximum atomic E-state index is 6.69. The van der Waals surface area contributed by atoms with Crippen molar-refractivity contribution in [1.82, 2.24) is 0 Å². The number of para-hydroxylation sites is 4. The molecule has 5 aromatic rings. The highest BCUT2D eigenvalue weighted by atomic mass is 31.2. The maximum Gasteiger partial charge on any atom is 0.464 e. The maximum absolute atomic E-state index is 6.69. The minimum atomic E-state index is -1.82. The molecule has 4 aromatic carbocycles. The van der Waals surface area contributed by atoms with Gasteiger partial charge in [-0.15, -0.1) is 0 Å². The van der Waals surface area contributed by atoms with E-state index in [4.69, 9.17) is 26.5 Å². The van der Waals surface area contributed by atoms with Gasteiger partial charge in [0.1, 0.15) is 33.9 Å². The van der Waals surface area contributed by atoms with Gasteiger partial charge in [0.2, 0.25) is 0 Å². The van der Waals surface area contributed by atoms with E-state index in [-0.39, 0.29) is 5.92 Å². The van der Waals surface area contributed by atoms with Crippen LogP contribution in [0.2, 0.25) is 0 Å². The zero-order chi connectivity index (χ0) is 29.6. The van der Waals surface area contributed by atoms with Crippen molar-refractivity contribution in [2.75, 3.05) is 0 Å². The number of fused-ring (bicyclic) bond motifs is 6. The summed E-state index contributed by atoms with van der Waals surface area (Å²) >= 11 is 0. The molecule has 8 heteroatoms. The second kappa shape index (κ2) is 11.0. The van der Waals surface area contributed by atoms with Crippen LogP contribution in [0.15, 0.2) is 124 Å². The Morgan fingerprint density at radius 3 is 2.21 bits per heavy atom. The van der Waals surface area contributed by atoms with Crippen molar-refractivity contribution in [2.24, 2.45) is 0 Å². The molecule has 0 amide bonds. The molecule has 2 heterocycles. The van der Waals surface area contributed by atoms with Gasteiger partial charge in [0.15, 0.2) is 0 Å². The summed E-state index contributed by atoms with van der Waals surface area (Å²) in [6.45, 7) is 8.08. The SMILES string of the molecule is Cc1cccc(C(C)(C)Op2oc3ccccc3c3ccccc3o2)c1OP1Oc2ccccc2C2C=CC=CC2(C)O1. The minimum absolute atomic E-state index is 0.000922. The van der Waals surface area contributed by atoms with E-state index in [9.17, 15) is 0 Å². The highest BCUT2D eigenvalue weighted by Crippen LogP contribution is 2.56. The lowest BCUT2D eigenvalue weighted by Crippen LogP contribution is -2.32. The molecule has 0 radical (unpaired) electrons. The van der Waals surface area contributed by atoms with Gasteiger partial charge < -0.3 is 17.4 Å². The summed E-state index contributed by atoms with van der Waals surface area (Å²) in [4.78, 5) is 0. The monoisotopic (exact) mass is 610 g/mol. The summed E-state index contributed by atoms with van der Waals surface area (Å²) < 4.78 is 39.2. The van der Waals surface area contributed by atoms with Crippen LogP contribution in [0.5, 0.6) is 11.5 Å². The molecule has 2 aliphatic rings. The van der Waals surface area contributed by atoms with Crippen molar-refractivity contribution in [2.45, 2.75) is 44.8 Å². The van der Waals surface area contributed by atoms with E-state index < -0.39 is 28.0 Å². The van der Waals surface area contributed by atoms with E-state index >= 15 is 0 Å². The number of rotatable bonds is 5. The Bertz CT molecular complexity index is 1870. The molecule has 0 saturated heterocycles. The number of hydrogen-bond acceptors (Lipinski definition) is 6. The Morgan fingerprint density at radius 1 is 0.791 bits per heavy atom. The highest BCUT2D eigenvalue weighted by molar-refractivity contribution is 7.42. The molecule has 43 heavy (non-hydrogen) atoms. The van der Waals surface area contributed by atoms with Crippen LogP contribution >= 0.6 is 16.8 Å². The highest BCUT2D eigenvalue weighted by Gasteiger charge is 2.44. The fourth-order valence-corrected chi connectivity index (χ4v) is 8.19. The van der Waals surface area contributed by atoms with Gasteiger partial charge in [0, 0.05) is 27.8 Å². The third kappa shape index (κ3) is 5.30. The van der Waals surface area contributed by atoms with Gasteiger partial charge in [-0.1, -0.05) is 97.1 Å². The average Bonchev–Trinajstić information content (AvgIpc) is 3.22. The van der Waals surface area contributed by atoms with Gasteiger partial charge in [-0.25, -0.2) is 0 Å². The van der Waals surface area contributed by atoms with Crippen molar-refractivity contribution in [1.29, 1.82) is 0 Å². The second-order valence-corrected chi connectivity index (χ2v) is 13.4. The van der Waals surface area contributed by atoms with Crippen LogP contribution < -0.4 is 13.6 Å². The van der Waals surface area contributed by atoms with Crippen molar-refractivity contribution < 1.29 is 26.5 Å². The van der Waals surface area contributed by atoms with Crippen molar-refractivity contribution in [3.63, 3.8) is 0 Å². The predicted molar refractivity (Wildman–Crippen MR) is 172 cm³/mol. The Labute approximate surface area is 253 Å². The van der Waals surface area contributed by atoms with Crippen LogP contribution in [0.1, 0.15) is 43.4 Å². The minimum Gasteiger partial charge on any atom is -0.417 e. The fraction of sp³-hybridized carbons (Fsp3) is 0.200. The summed E-state index contributed by atoms with van der Waals surface area (Å²) in [5.74, 6) is 1.41. The molecule has 1 aromatic heterocycles. The molecule has 0 fully saturated rings. The topological polar surface area (TPSA) is 63.2 Å². The number of aryl methyl sites for hydroxylation is 1. The van der Waals surface area contributed by atoms with E-state index in [2.05, 4.69) is 31.2 Å². The smallest absolute Gasteiger partial charge is 0.417 e. The van der Waals surface area contributed by atoms with E-state index in [1.165, 1.54) is 0 Å². The molecule has 0 saturated carbocycles. The molecule has 7 rings (SSSR count). The van der Waals surface area contributed by atoms with Crippen LogP contribution in [-0.2, 0) is 10.1 Å². The lowest BCUT2D eigenvalue weighted by atomic mass is 9.80. The first-order valence-corrected chi connectivity index (χ1v) is 16.4. The molecule has 1 aliphatic carbocycles. The molecule has 0 N–H and O–H groups in total. The van der Waals surface area contributed by atoms with E-state index in [1.54, 1.807) is 0 Å². The van der Waals surface area contributed by atoms with Crippen LogP contribution in [0, 0.1) is 6.92 Å². The summed E-state index contributed by atoms with van der Waals surface area (Å²) in [5, 5.41) is 1.93. The summed E-state index contributed by atoms with van der Waals surface area (Å²) in [6.07, 6.45) is 8.30. The largest absolute Gasteiger partial charge is 0.464 e. The Kier molecular flexibility index (Phi) is 7.19. The third-order valence-corrected chi connectivity index (χ3v) is 10.4. The number of hydrogen-bond donors (Lipinski definition) is 0. The van der Waals surface area contributed by atoms with E-state index in [0.717, 1.165) is 44.4 Å². The van der Waals surface area contributed by atoms with Crippen LogP contribution in [0.25, 0.3) is 21.9 Å². The molecule has 0 spiro atoms. The van der Waals surface area contributed by atoms with Crippen molar-refractivity contribution in [3.8, 4) is 11.5 Å². The van der Waals surface area contributed by atoms with Crippen LogP contribution in [0.3, 0.4) is 0 Å². The second-order valence-electron chi connectivity index (χ2n) is 11.4. The zero-order valence-electron chi connectivity index (χ0n) is 24.4. The van der Waals surface area contributed by atoms with Gasteiger partial charge in [-0.05, 0) is 51.5 Å². The molecular weight excluding hydrogens is 578 g/mol. The summed E-state index contributed by atoms with van der Waals surface area (Å²) in [5.41, 5.74) is 2.78. The Hall–Kier alpha value is -3.79. The van der Waals surface area contributed by atoms with Gasteiger partial charge in [-0.3, -0.25) is 9.05 Å². The fourth-order valence-electron chi connectivity index (χ4n) is 5.65. The Morgan fingerprint density at radius 2 is 1.47 bits per heavy atom. The lowest BCUT2D eigenvalue weighted by molar-refractivity contribution is 0.115. The molecular formula is C35H32O6P2. The van der Waals surface area contributed by atoms with Gasteiger partial charge in [0.25, 0.3) is 0 Å². The number of benzene rings is 4. The Balaban J connectivity index is 1.27. The van der Waals surface area contributed by atoms with Crippen LogP contribution in [-0.4, -0.2) is 5.60 Å². The molecule has 3 atom stereocenters. The first kappa shape index (κ1) is 28.0. The third-order valence-electron chi connectivity index (χ3n) is 7.90. The average molecular weight is 611 g/mol. The normalized spacial score (nSPS) is 21.1. The quantitative estimate of drug-likeness (QED) is 0.185. The first-order chi connectivity index (χ1) is 20.8. The molecule has 218 valence electrons. The molecule has 6 nitrogen and oxygen atoms in total. The summed E-state index contributed by atoms with van der Waals surface area (Å²) in [7, 11) is -3.64.